The lowest BCUT2D eigenvalue weighted by Crippen LogP contribution is -2.53. The third-order valence-electron chi connectivity index (χ3n) is 6.02. The largest absolute Gasteiger partial charge is 0.480 e. The van der Waals surface area contributed by atoms with Crippen LogP contribution in [-0.4, -0.2) is 106 Å². The van der Waals surface area contributed by atoms with Crippen molar-refractivity contribution in [3.63, 3.8) is 0 Å². The number of carboxylic acid groups (broad SMARTS) is 1. The Hall–Kier alpha value is -4.77. The van der Waals surface area contributed by atoms with E-state index in [2.05, 4.69) is 26.6 Å². The summed E-state index contributed by atoms with van der Waals surface area (Å²) < 4.78 is -1.42. The maximum Gasteiger partial charge on any atom is 0.317 e. The summed E-state index contributed by atoms with van der Waals surface area (Å²) in [4.78, 5) is 97.3. The summed E-state index contributed by atoms with van der Waals surface area (Å²) in [7, 11) is 0. The predicted octanol–water partition coefficient (Wildman–Crippen LogP) is -4.04. The van der Waals surface area contributed by atoms with Crippen LogP contribution in [0.5, 0.6) is 0 Å². The van der Waals surface area contributed by atoms with E-state index in [0.717, 1.165) is 34.4 Å². The number of nitrogens with one attached hydrogen (secondary N) is 5. The number of carbonyl (C=O) groups excluding carboxylic acids is 7. The molecule has 0 radical (unpaired) electrons. The Bertz CT molecular complexity index is 1290. The fraction of sp³-hybridized carbons (Fsp3) is 0.360. The van der Waals surface area contributed by atoms with Gasteiger partial charge in [-0.1, -0.05) is 30.3 Å². The number of hydrogen-bond acceptors (Lipinski definition) is 10. The van der Waals surface area contributed by atoms with Crippen molar-refractivity contribution in [1.82, 2.24) is 31.5 Å². The standard InChI is InChI=1S/C25H29N7O9S/c26-16(33)9-29-22(40)15(8-14-4-2-1-3-5-14)31-18(35)11-28-17(34)10-30-23(41)25(13-27-12-21(38)39)24(42-25)32-19(36)6-7-20(32)37/h1-7,15,24,27H,8-13H2,(H2,26,33)(H,28,34)(H,29,40)(H,30,41)(H,31,35)(H,38,39)/t15-,24?,25-/m0/s1. The third-order valence-corrected chi connectivity index (χ3v) is 7.57. The number of imide groups is 1. The molecule has 2 aliphatic rings. The van der Waals surface area contributed by atoms with Crippen molar-refractivity contribution in [1.29, 1.82) is 0 Å². The highest BCUT2D eigenvalue weighted by Gasteiger charge is 2.66. The molecule has 3 atom stereocenters. The number of carbonyl (C=O) groups is 8. The van der Waals surface area contributed by atoms with Crippen LogP contribution in [0.4, 0.5) is 0 Å². The van der Waals surface area contributed by atoms with Gasteiger partial charge in [-0.05, 0) is 5.56 Å². The minimum atomic E-state index is -1.42. The number of rotatable bonds is 16. The van der Waals surface area contributed by atoms with E-state index in [0.29, 0.717) is 0 Å². The average Bonchev–Trinajstić information content (AvgIpc) is 3.56. The topological polar surface area (TPSA) is 246 Å². The van der Waals surface area contributed by atoms with Gasteiger partial charge in [-0.3, -0.25) is 43.3 Å². The van der Waals surface area contributed by atoms with Gasteiger partial charge in [0.1, 0.15) is 16.2 Å². The van der Waals surface area contributed by atoms with E-state index >= 15 is 0 Å². The number of benzene rings is 1. The van der Waals surface area contributed by atoms with Gasteiger partial charge in [0.25, 0.3) is 11.8 Å². The maximum absolute atomic E-state index is 13.0. The molecule has 42 heavy (non-hydrogen) atoms. The molecule has 224 valence electrons. The molecule has 1 aromatic rings. The van der Waals surface area contributed by atoms with Crippen molar-refractivity contribution in [2.24, 2.45) is 5.73 Å². The molecule has 0 spiro atoms. The van der Waals surface area contributed by atoms with Crippen molar-refractivity contribution in [2.75, 3.05) is 32.7 Å². The minimum absolute atomic E-state index is 0.0928. The maximum atomic E-state index is 13.0. The SMILES string of the molecule is NC(=O)CNC(=O)[C@H](Cc1ccccc1)NC(=O)CNC(=O)CNC(=O)[C@]1(CNCC(=O)O)SC1N1C(=O)C=CC1=O. The molecule has 17 heteroatoms. The first kappa shape index (κ1) is 31.8. The van der Waals surface area contributed by atoms with Crippen molar-refractivity contribution in [2.45, 2.75) is 22.6 Å². The van der Waals surface area contributed by atoms with Gasteiger partial charge in [-0.2, -0.15) is 0 Å². The number of thioether (sulfide) groups is 1. The second-order valence-electron chi connectivity index (χ2n) is 9.19. The lowest BCUT2D eigenvalue weighted by molar-refractivity contribution is -0.139. The molecule has 2 heterocycles. The van der Waals surface area contributed by atoms with Crippen molar-refractivity contribution >= 4 is 59.1 Å². The molecule has 16 nitrogen and oxygen atoms in total. The van der Waals surface area contributed by atoms with Crippen molar-refractivity contribution in [3.05, 3.63) is 48.0 Å². The predicted molar refractivity (Wildman–Crippen MR) is 146 cm³/mol. The molecule has 0 saturated carbocycles. The highest BCUT2D eigenvalue weighted by molar-refractivity contribution is 8.09. The van der Waals surface area contributed by atoms with Crippen molar-refractivity contribution in [3.8, 4) is 0 Å². The molecule has 8 N–H and O–H groups in total. The first-order valence-corrected chi connectivity index (χ1v) is 13.4. The van der Waals surface area contributed by atoms with Gasteiger partial charge in [0.15, 0.2) is 0 Å². The second kappa shape index (κ2) is 14.2. The zero-order valence-corrected chi connectivity index (χ0v) is 22.9. The lowest BCUT2D eigenvalue weighted by Gasteiger charge is -2.20. The van der Waals surface area contributed by atoms with E-state index in [1.807, 2.05) is 0 Å². The van der Waals surface area contributed by atoms with Gasteiger partial charge in [-0.15, -0.1) is 11.8 Å². The quantitative estimate of drug-likeness (QED) is 0.0708. The smallest absolute Gasteiger partial charge is 0.317 e. The Labute approximate surface area is 243 Å². The number of primary amides is 1. The average molecular weight is 604 g/mol. The molecule has 1 aromatic carbocycles. The molecule has 1 unspecified atom stereocenters. The normalized spacial score (nSPS) is 19.5. The lowest BCUT2D eigenvalue weighted by atomic mass is 10.1. The Morgan fingerprint density at radius 1 is 0.905 bits per heavy atom. The summed E-state index contributed by atoms with van der Waals surface area (Å²) in [5.74, 6) is -6.07. The molecule has 2 aliphatic heterocycles. The third kappa shape index (κ3) is 8.61. The van der Waals surface area contributed by atoms with E-state index in [1.54, 1.807) is 30.3 Å². The van der Waals surface area contributed by atoms with Crippen LogP contribution in [0.1, 0.15) is 5.56 Å². The van der Waals surface area contributed by atoms with E-state index in [4.69, 9.17) is 10.8 Å². The number of nitrogens with two attached hydrogens (primary N) is 1. The monoisotopic (exact) mass is 603 g/mol. The summed E-state index contributed by atoms with van der Waals surface area (Å²) >= 11 is 0.948. The van der Waals surface area contributed by atoms with Crippen LogP contribution in [0.15, 0.2) is 42.5 Å². The van der Waals surface area contributed by atoms with Crippen LogP contribution in [0.25, 0.3) is 0 Å². The van der Waals surface area contributed by atoms with Crippen LogP contribution in [-0.2, 0) is 44.8 Å². The number of nitrogens with zero attached hydrogens (tertiary/aromatic N) is 1. The van der Waals surface area contributed by atoms with Crippen LogP contribution < -0.4 is 32.3 Å². The van der Waals surface area contributed by atoms with Crippen LogP contribution in [0.2, 0.25) is 0 Å². The Morgan fingerprint density at radius 2 is 1.55 bits per heavy atom. The number of hydrogen-bond donors (Lipinski definition) is 7. The summed E-state index contributed by atoms with van der Waals surface area (Å²) in [6.45, 7) is -2.24. The van der Waals surface area contributed by atoms with E-state index in [-0.39, 0.29) is 13.0 Å². The Morgan fingerprint density at radius 3 is 2.17 bits per heavy atom. The molecule has 0 bridgehead atoms. The van der Waals surface area contributed by atoms with E-state index in [1.165, 1.54) is 0 Å². The molecular formula is C25H29N7O9S. The highest BCUT2D eigenvalue weighted by Crippen LogP contribution is 2.55. The molecule has 0 aromatic heterocycles. The van der Waals surface area contributed by atoms with Gasteiger partial charge in [0.05, 0.1) is 26.2 Å². The van der Waals surface area contributed by atoms with Gasteiger partial charge >= 0.3 is 5.97 Å². The zero-order valence-electron chi connectivity index (χ0n) is 22.1. The summed E-state index contributed by atoms with van der Waals surface area (Å²) in [6.07, 6.45) is 2.20. The Balaban J connectivity index is 1.52. The zero-order chi connectivity index (χ0) is 30.9. The molecule has 3 rings (SSSR count). The highest BCUT2D eigenvalue weighted by atomic mass is 32.2. The second-order valence-corrected chi connectivity index (χ2v) is 10.6. The molecule has 0 aliphatic carbocycles. The van der Waals surface area contributed by atoms with Crippen molar-refractivity contribution < 1.29 is 43.5 Å². The van der Waals surface area contributed by atoms with E-state index < -0.39 is 89.7 Å². The summed E-state index contributed by atoms with van der Waals surface area (Å²) in [6, 6.07) is 7.67. The molecule has 7 amide bonds. The van der Waals surface area contributed by atoms with Crippen LogP contribution in [0, 0.1) is 0 Å². The number of carboxylic acids is 1. The first-order chi connectivity index (χ1) is 19.9. The van der Waals surface area contributed by atoms with Gasteiger partial charge in [0.2, 0.25) is 29.5 Å². The number of aliphatic carboxylic acids is 1. The fourth-order valence-corrected chi connectivity index (χ4v) is 5.26. The Kier molecular flexibility index (Phi) is 10.8. The summed E-state index contributed by atoms with van der Waals surface area (Å²) in [5, 5.41) is 20.0. The van der Waals surface area contributed by atoms with Gasteiger partial charge < -0.3 is 37.4 Å². The number of amides is 7. The molecular weight excluding hydrogens is 574 g/mol. The molecule has 1 saturated heterocycles. The minimum Gasteiger partial charge on any atom is -0.480 e. The fourth-order valence-electron chi connectivity index (χ4n) is 3.95. The van der Waals surface area contributed by atoms with Crippen LogP contribution >= 0.6 is 11.8 Å². The van der Waals surface area contributed by atoms with Gasteiger partial charge in [0, 0.05) is 25.1 Å². The van der Waals surface area contributed by atoms with Gasteiger partial charge in [-0.25, -0.2) is 0 Å². The molecule has 1 fully saturated rings. The summed E-state index contributed by atoms with van der Waals surface area (Å²) in [5.41, 5.74) is 5.78. The first-order valence-electron chi connectivity index (χ1n) is 12.5. The van der Waals surface area contributed by atoms with Crippen LogP contribution in [0.3, 0.4) is 0 Å². The van der Waals surface area contributed by atoms with E-state index in [9.17, 15) is 38.4 Å².